The van der Waals surface area contributed by atoms with Crippen LogP contribution in [0.15, 0.2) is 67.2 Å². The molecule has 0 N–H and O–H groups in total. The predicted octanol–water partition coefficient (Wildman–Crippen LogP) is 4.85. The van der Waals surface area contributed by atoms with E-state index in [2.05, 4.69) is 36.3 Å². The Kier molecular flexibility index (Phi) is 5.21. The first-order valence-corrected chi connectivity index (χ1v) is 9.68. The smallest absolute Gasteiger partial charge is 0.277 e. The number of halogens is 1. The summed E-state index contributed by atoms with van der Waals surface area (Å²) in [7, 11) is 1.62. The molecular weight excluding hydrogens is 432 g/mol. The maximum absolute atomic E-state index is 5.67. The summed E-state index contributed by atoms with van der Waals surface area (Å²) in [6.45, 7) is 0. The van der Waals surface area contributed by atoms with E-state index in [1.54, 1.807) is 7.11 Å². The molecule has 0 fully saturated rings. The molecule has 0 aliphatic carbocycles. The van der Waals surface area contributed by atoms with E-state index in [-0.39, 0.29) is 0 Å². The zero-order valence-corrected chi connectivity index (χ0v) is 16.5. The van der Waals surface area contributed by atoms with E-state index >= 15 is 0 Å². The minimum atomic E-state index is 0.430. The van der Waals surface area contributed by atoms with Crippen LogP contribution < -0.4 is 4.74 Å². The Morgan fingerprint density at radius 2 is 1.93 bits per heavy atom. The summed E-state index contributed by atoms with van der Waals surface area (Å²) >= 11 is 4.74. The van der Waals surface area contributed by atoms with Crippen LogP contribution in [0.3, 0.4) is 0 Å². The molecule has 0 radical (unpaired) electrons. The van der Waals surface area contributed by atoms with Crippen molar-refractivity contribution in [3.63, 3.8) is 0 Å². The van der Waals surface area contributed by atoms with E-state index in [0.29, 0.717) is 28.6 Å². The molecule has 0 aliphatic heterocycles. The highest BCUT2D eigenvalue weighted by Crippen LogP contribution is 2.27. The number of ether oxygens (including phenoxy) is 1. The number of aromatic nitrogens is 4. The third kappa shape index (κ3) is 4.20. The minimum absolute atomic E-state index is 0.430. The van der Waals surface area contributed by atoms with Crippen molar-refractivity contribution in [2.75, 3.05) is 7.11 Å². The van der Waals surface area contributed by atoms with Gasteiger partial charge >= 0.3 is 0 Å². The summed E-state index contributed by atoms with van der Waals surface area (Å²) in [5, 5.41) is 12.6. The SMILES string of the molecule is COc1cccc(-c2noc(CSc3nnc(-c4ccc(Br)cc4)o3)n2)c1. The molecule has 0 amide bonds. The third-order valence-corrected chi connectivity index (χ3v) is 4.94. The van der Waals surface area contributed by atoms with Gasteiger partial charge in [-0.15, -0.1) is 10.2 Å². The third-order valence-electron chi connectivity index (χ3n) is 3.61. The predicted molar refractivity (Wildman–Crippen MR) is 103 cm³/mol. The largest absolute Gasteiger partial charge is 0.497 e. The fraction of sp³-hybridized carbons (Fsp3) is 0.111. The minimum Gasteiger partial charge on any atom is -0.497 e. The lowest BCUT2D eigenvalue weighted by atomic mass is 10.2. The van der Waals surface area contributed by atoms with Crippen LogP contribution in [0.25, 0.3) is 22.8 Å². The number of methoxy groups -OCH3 is 1. The van der Waals surface area contributed by atoms with E-state index < -0.39 is 0 Å². The second kappa shape index (κ2) is 7.93. The van der Waals surface area contributed by atoms with Gasteiger partial charge in [0.25, 0.3) is 5.22 Å². The zero-order chi connectivity index (χ0) is 18.6. The van der Waals surface area contributed by atoms with E-state index in [1.807, 2.05) is 48.5 Å². The molecule has 0 spiro atoms. The Labute approximate surface area is 167 Å². The number of hydrogen-bond acceptors (Lipinski definition) is 8. The fourth-order valence-electron chi connectivity index (χ4n) is 2.29. The van der Waals surface area contributed by atoms with Gasteiger partial charge in [-0.2, -0.15) is 4.98 Å². The van der Waals surface area contributed by atoms with Crippen molar-refractivity contribution < 1.29 is 13.7 Å². The molecule has 27 heavy (non-hydrogen) atoms. The molecule has 0 bridgehead atoms. The van der Waals surface area contributed by atoms with Gasteiger partial charge in [-0.25, -0.2) is 0 Å². The molecule has 4 aromatic rings. The Morgan fingerprint density at radius 3 is 2.74 bits per heavy atom. The van der Waals surface area contributed by atoms with Gasteiger partial charge in [0.1, 0.15) is 5.75 Å². The second-order valence-electron chi connectivity index (χ2n) is 5.41. The van der Waals surface area contributed by atoms with E-state index in [1.165, 1.54) is 11.8 Å². The van der Waals surface area contributed by atoms with Gasteiger partial charge < -0.3 is 13.7 Å². The molecule has 0 saturated carbocycles. The van der Waals surface area contributed by atoms with Gasteiger partial charge in [0.2, 0.25) is 17.6 Å². The van der Waals surface area contributed by atoms with Crippen molar-refractivity contribution in [1.82, 2.24) is 20.3 Å². The lowest BCUT2D eigenvalue weighted by molar-refractivity contribution is 0.390. The van der Waals surface area contributed by atoms with E-state index in [9.17, 15) is 0 Å². The molecule has 0 aliphatic rings. The molecular formula is C18H13BrN4O3S. The van der Waals surface area contributed by atoms with Crippen molar-refractivity contribution in [3.05, 3.63) is 58.9 Å². The van der Waals surface area contributed by atoms with Crippen LogP contribution in [0.2, 0.25) is 0 Å². The summed E-state index contributed by atoms with van der Waals surface area (Å²) in [5.41, 5.74) is 1.68. The monoisotopic (exact) mass is 444 g/mol. The lowest BCUT2D eigenvalue weighted by Crippen LogP contribution is -1.86. The van der Waals surface area contributed by atoms with Crippen LogP contribution >= 0.6 is 27.7 Å². The fourth-order valence-corrected chi connectivity index (χ4v) is 3.16. The molecule has 136 valence electrons. The quantitative estimate of drug-likeness (QED) is 0.390. The van der Waals surface area contributed by atoms with Crippen molar-refractivity contribution in [3.8, 4) is 28.6 Å². The van der Waals surface area contributed by atoms with Crippen LogP contribution in [-0.4, -0.2) is 27.4 Å². The lowest BCUT2D eigenvalue weighted by Gasteiger charge is -1.99. The van der Waals surface area contributed by atoms with Crippen molar-refractivity contribution in [1.29, 1.82) is 0 Å². The molecule has 7 nitrogen and oxygen atoms in total. The molecule has 9 heteroatoms. The second-order valence-corrected chi connectivity index (χ2v) is 7.25. The average molecular weight is 445 g/mol. The first-order chi connectivity index (χ1) is 13.2. The average Bonchev–Trinajstić information content (AvgIpc) is 3.37. The first-order valence-electron chi connectivity index (χ1n) is 7.90. The topological polar surface area (TPSA) is 87.1 Å². The van der Waals surface area contributed by atoms with Crippen LogP contribution in [0, 0.1) is 0 Å². The van der Waals surface area contributed by atoms with E-state index in [0.717, 1.165) is 21.3 Å². The zero-order valence-electron chi connectivity index (χ0n) is 14.1. The van der Waals surface area contributed by atoms with Gasteiger partial charge in [-0.1, -0.05) is 45.0 Å². The van der Waals surface area contributed by atoms with E-state index in [4.69, 9.17) is 13.7 Å². The highest BCUT2D eigenvalue weighted by molar-refractivity contribution is 9.10. The Bertz CT molecular complexity index is 1050. The molecule has 2 heterocycles. The van der Waals surface area contributed by atoms with Gasteiger partial charge in [0.15, 0.2) is 0 Å². The number of thioether (sulfide) groups is 1. The summed E-state index contributed by atoms with van der Waals surface area (Å²) in [5.74, 6) is 2.61. The number of hydrogen-bond donors (Lipinski definition) is 0. The molecule has 2 aromatic heterocycles. The molecule has 0 atom stereocenters. The van der Waals surface area contributed by atoms with Crippen LogP contribution in [0.4, 0.5) is 0 Å². The highest BCUT2D eigenvalue weighted by Gasteiger charge is 2.13. The van der Waals surface area contributed by atoms with Crippen LogP contribution in [-0.2, 0) is 5.75 Å². The van der Waals surface area contributed by atoms with Crippen LogP contribution in [0.1, 0.15) is 5.89 Å². The Balaban J connectivity index is 1.42. The highest BCUT2D eigenvalue weighted by atomic mass is 79.9. The standard InChI is InChI=1S/C18H13BrN4O3S/c1-24-14-4-2-3-12(9-14)16-20-15(26-23-16)10-27-18-22-21-17(25-18)11-5-7-13(19)8-6-11/h2-9H,10H2,1H3. The number of rotatable bonds is 6. The molecule has 4 rings (SSSR count). The summed E-state index contributed by atoms with van der Waals surface area (Å²) in [4.78, 5) is 4.40. The van der Waals surface area contributed by atoms with Crippen molar-refractivity contribution >= 4 is 27.7 Å². The van der Waals surface area contributed by atoms with Gasteiger partial charge in [-0.05, 0) is 36.4 Å². The number of benzene rings is 2. The van der Waals surface area contributed by atoms with Gasteiger partial charge in [0, 0.05) is 15.6 Å². The maximum atomic E-state index is 5.67. The molecule has 0 saturated heterocycles. The molecule has 0 unspecified atom stereocenters. The first kappa shape index (κ1) is 17.7. The maximum Gasteiger partial charge on any atom is 0.277 e. The van der Waals surface area contributed by atoms with Gasteiger partial charge in [-0.3, -0.25) is 0 Å². The van der Waals surface area contributed by atoms with Crippen molar-refractivity contribution in [2.24, 2.45) is 0 Å². The summed E-state index contributed by atoms with van der Waals surface area (Å²) in [6.07, 6.45) is 0. The Hall–Kier alpha value is -2.65. The molecule has 2 aromatic carbocycles. The summed E-state index contributed by atoms with van der Waals surface area (Å²) in [6, 6.07) is 15.1. The number of nitrogens with zero attached hydrogens (tertiary/aromatic N) is 4. The summed E-state index contributed by atoms with van der Waals surface area (Å²) < 4.78 is 17.2. The van der Waals surface area contributed by atoms with Gasteiger partial charge in [0.05, 0.1) is 12.9 Å². The van der Waals surface area contributed by atoms with Crippen molar-refractivity contribution in [2.45, 2.75) is 11.0 Å². The van der Waals surface area contributed by atoms with Crippen LogP contribution in [0.5, 0.6) is 5.75 Å². The normalized spacial score (nSPS) is 10.9. The Morgan fingerprint density at radius 1 is 1.07 bits per heavy atom.